The Hall–Kier alpha value is -2.89. The first kappa shape index (κ1) is 19.4. The highest BCUT2D eigenvalue weighted by molar-refractivity contribution is 5.92. The van der Waals surface area contributed by atoms with Crippen molar-refractivity contribution in [1.82, 2.24) is 4.90 Å². The van der Waals surface area contributed by atoms with E-state index in [0.29, 0.717) is 38.2 Å². The summed E-state index contributed by atoms with van der Waals surface area (Å²) in [6.45, 7) is 2.00. The van der Waals surface area contributed by atoms with Crippen molar-refractivity contribution in [3.63, 3.8) is 0 Å². The molecule has 2 aliphatic heterocycles. The number of benzene rings is 2. The van der Waals surface area contributed by atoms with Crippen LogP contribution in [0, 0.1) is 11.7 Å². The molecule has 1 saturated heterocycles. The van der Waals surface area contributed by atoms with E-state index in [2.05, 4.69) is 5.32 Å². The first-order chi connectivity index (χ1) is 14.1. The molecule has 0 bridgehead atoms. The average molecular weight is 395 g/mol. The lowest BCUT2D eigenvalue weighted by Crippen LogP contribution is -2.46. The van der Waals surface area contributed by atoms with E-state index in [0.717, 1.165) is 24.1 Å². The number of carbonyl (C=O) groups is 2. The standard InChI is InChI=1S/C23H26FN3O2/c24-20-10-4-6-17-7-5-13-27(22(17)20)16-21(28)26-14-11-18(12-15-26)23(29)25-19-8-2-1-3-9-19/h1-4,6,8-10,18H,5,7,11-16H2,(H,25,29). The van der Waals surface area contributed by atoms with Gasteiger partial charge in [-0.05, 0) is 49.4 Å². The van der Waals surface area contributed by atoms with Crippen molar-refractivity contribution < 1.29 is 14.0 Å². The van der Waals surface area contributed by atoms with Gasteiger partial charge in [0.2, 0.25) is 11.8 Å². The number of nitrogens with zero attached hydrogens (tertiary/aromatic N) is 2. The van der Waals surface area contributed by atoms with E-state index in [-0.39, 0.29) is 30.1 Å². The Labute approximate surface area is 170 Å². The van der Waals surface area contributed by atoms with E-state index < -0.39 is 0 Å². The van der Waals surface area contributed by atoms with Crippen LogP contribution < -0.4 is 10.2 Å². The highest BCUT2D eigenvalue weighted by atomic mass is 19.1. The molecule has 1 N–H and O–H groups in total. The molecule has 0 atom stereocenters. The Morgan fingerprint density at radius 2 is 1.76 bits per heavy atom. The summed E-state index contributed by atoms with van der Waals surface area (Å²) >= 11 is 0. The van der Waals surface area contributed by atoms with Crippen molar-refractivity contribution in [1.29, 1.82) is 0 Å². The van der Waals surface area contributed by atoms with Gasteiger partial charge in [-0.15, -0.1) is 0 Å². The van der Waals surface area contributed by atoms with Crippen LogP contribution in [0.2, 0.25) is 0 Å². The van der Waals surface area contributed by atoms with Gasteiger partial charge in [0.1, 0.15) is 5.82 Å². The largest absolute Gasteiger partial charge is 0.360 e. The lowest BCUT2D eigenvalue weighted by atomic mass is 9.95. The van der Waals surface area contributed by atoms with Crippen LogP contribution in [0.25, 0.3) is 0 Å². The number of halogens is 1. The van der Waals surface area contributed by atoms with Crippen LogP contribution in [-0.2, 0) is 16.0 Å². The average Bonchev–Trinajstić information content (AvgIpc) is 2.75. The van der Waals surface area contributed by atoms with E-state index >= 15 is 0 Å². The first-order valence-corrected chi connectivity index (χ1v) is 10.3. The topological polar surface area (TPSA) is 52.7 Å². The molecule has 152 valence electrons. The third kappa shape index (κ3) is 4.42. The molecule has 4 rings (SSSR count). The summed E-state index contributed by atoms with van der Waals surface area (Å²) in [5.74, 6) is -0.336. The summed E-state index contributed by atoms with van der Waals surface area (Å²) in [7, 11) is 0. The molecule has 2 aromatic carbocycles. The summed E-state index contributed by atoms with van der Waals surface area (Å²) in [5.41, 5.74) is 2.34. The zero-order chi connectivity index (χ0) is 20.2. The molecule has 0 aliphatic carbocycles. The van der Waals surface area contributed by atoms with Gasteiger partial charge in [-0.25, -0.2) is 4.39 Å². The minimum Gasteiger partial charge on any atom is -0.360 e. The summed E-state index contributed by atoms with van der Waals surface area (Å²) < 4.78 is 14.3. The van der Waals surface area contributed by atoms with Gasteiger partial charge in [0, 0.05) is 31.2 Å². The molecular formula is C23H26FN3O2. The number of aryl methyl sites for hydroxylation is 1. The number of amides is 2. The maximum Gasteiger partial charge on any atom is 0.242 e. The molecule has 0 spiro atoms. The van der Waals surface area contributed by atoms with Crippen LogP contribution in [-0.4, -0.2) is 42.9 Å². The maximum atomic E-state index is 14.3. The van der Waals surface area contributed by atoms with Gasteiger partial charge >= 0.3 is 0 Å². The number of piperidine rings is 1. The lowest BCUT2D eigenvalue weighted by molar-refractivity contribution is -0.133. The highest BCUT2D eigenvalue weighted by Crippen LogP contribution is 2.30. The Morgan fingerprint density at radius 3 is 2.52 bits per heavy atom. The van der Waals surface area contributed by atoms with Gasteiger partial charge in [-0.1, -0.05) is 30.3 Å². The Kier molecular flexibility index (Phi) is 5.79. The van der Waals surface area contributed by atoms with E-state index in [1.165, 1.54) is 6.07 Å². The van der Waals surface area contributed by atoms with Gasteiger partial charge in [0.15, 0.2) is 0 Å². The van der Waals surface area contributed by atoms with E-state index in [4.69, 9.17) is 0 Å². The van der Waals surface area contributed by atoms with Crippen LogP contribution in [0.4, 0.5) is 15.8 Å². The second-order valence-electron chi connectivity index (χ2n) is 7.78. The van der Waals surface area contributed by atoms with Crippen LogP contribution in [0.3, 0.4) is 0 Å². The third-order valence-electron chi connectivity index (χ3n) is 5.85. The summed E-state index contributed by atoms with van der Waals surface area (Å²) in [5, 5.41) is 2.95. The monoisotopic (exact) mass is 395 g/mol. The number of nitrogens with one attached hydrogen (secondary N) is 1. The van der Waals surface area contributed by atoms with Crippen LogP contribution >= 0.6 is 0 Å². The molecule has 2 amide bonds. The fraction of sp³-hybridized carbons (Fsp3) is 0.391. The fourth-order valence-electron chi connectivity index (χ4n) is 4.27. The minimum absolute atomic E-state index is 0.00280. The smallest absolute Gasteiger partial charge is 0.242 e. The Bertz CT molecular complexity index is 879. The quantitative estimate of drug-likeness (QED) is 0.863. The third-order valence-corrected chi connectivity index (χ3v) is 5.85. The van der Waals surface area contributed by atoms with Gasteiger partial charge in [-0.2, -0.15) is 0 Å². The predicted octanol–water partition coefficient (Wildman–Crippen LogP) is 3.46. The van der Waals surface area contributed by atoms with Crippen molar-refractivity contribution in [2.75, 3.05) is 36.4 Å². The zero-order valence-corrected chi connectivity index (χ0v) is 16.4. The Morgan fingerprint density at radius 1 is 1.00 bits per heavy atom. The molecule has 0 aromatic heterocycles. The van der Waals surface area contributed by atoms with Crippen molar-refractivity contribution in [2.24, 2.45) is 5.92 Å². The molecule has 6 heteroatoms. The SMILES string of the molecule is O=C(Nc1ccccc1)C1CCN(C(=O)CN2CCCc3cccc(F)c32)CC1. The lowest BCUT2D eigenvalue weighted by Gasteiger charge is -2.35. The normalized spacial score (nSPS) is 17.0. The van der Waals surface area contributed by atoms with Gasteiger partial charge in [0.25, 0.3) is 0 Å². The van der Waals surface area contributed by atoms with Crippen molar-refractivity contribution >= 4 is 23.2 Å². The first-order valence-electron chi connectivity index (χ1n) is 10.3. The number of likely N-dealkylation sites (tertiary alicyclic amines) is 1. The van der Waals surface area contributed by atoms with Gasteiger partial charge < -0.3 is 15.1 Å². The minimum atomic E-state index is -0.258. The number of anilines is 2. The molecule has 29 heavy (non-hydrogen) atoms. The van der Waals surface area contributed by atoms with Crippen molar-refractivity contribution in [2.45, 2.75) is 25.7 Å². The van der Waals surface area contributed by atoms with Gasteiger partial charge in [0.05, 0.1) is 12.2 Å². The number of fused-ring (bicyclic) bond motifs is 1. The van der Waals surface area contributed by atoms with Crippen LogP contribution in [0.15, 0.2) is 48.5 Å². The fourth-order valence-corrected chi connectivity index (χ4v) is 4.27. The second-order valence-corrected chi connectivity index (χ2v) is 7.78. The molecular weight excluding hydrogens is 369 g/mol. The summed E-state index contributed by atoms with van der Waals surface area (Å²) in [6.07, 6.45) is 3.07. The molecule has 0 unspecified atom stereocenters. The number of rotatable bonds is 4. The molecule has 0 saturated carbocycles. The van der Waals surface area contributed by atoms with E-state index in [9.17, 15) is 14.0 Å². The van der Waals surface area contributed by atoms with Crippen LogP contribution in [0.1, 0.15) is 24.8 Å². The second kappa shape index (κ2) is 8.64. The van der Waals surface area contributed by atoms with Gasteiger partial charge in [-0.3, -0.25) is 9.59 Å². The molecule has 1 fully saturated rings. The summed E-state index contributed by atoms with van der Waals surface area (Å²) in [4.78, 5) is 29.0. The van der Waals surface area contributed by atoms with Crippen LogP contribution in [0.5, 0.6) is 0 Å². The molecule has 5 nitrogen and oxygen atoms in total. The number of hydrogen-bond acceptors (Lipinski definition) is 3. The predicted molar refractivity (Wildman–Crippen MR) is 111 cm³/mol. The highest BCUT2D eigenvalue weighted by Gasteiger charge is 2.29. The number of hydrogen-bond donors (Lipinski definition) is 1. The van der Waals surface area contributed by atoms with Crippen molar-refractivity contribution in [3.8, 4) is 0 Å². The van der Waals surface area contributed by atoms with Crippen molar-refractivity contribution in [3.05, 3.63) is 59.9 Å². The molecule has 2 aromatic rings. The molecule has 2 heterocycles. The zero-order valence-electron chi connectivity index (χ0n) is 16.4. The summed E-state index contributed by atoms with van der Waals surface area (Å²) in [6, 6.07) is 14.5. The molecule has 0 radical (unpaired) electrons. The molecule has 2 aliphatic rings. The number of carbonyl (C=O) groups excluding carboxylic acids is 2. The van der Waals surface area contributed by atoms with E-state index in [1.54, 1.807) is 11.0 Å². The maximum absolute atomic E-state index is 14.3. The number of para-hydroxylation sites is 2. The Balaban J connectivity index is 1.32. The van der Waals surface area contributed by atoms with E-state index in [1.807, 2.05) is 41.3 Å².